The number of ether oxygens (including phenoxy) is 1. The lowest BCUT2D eigenvalue weighted by Crippen LogP contribution is -2.03. The average molecular weight is 274 g/mol. The third-order valence-corrected chi connectivity index (χ3v) is 2.77. The Morgan fingerprint density at radius 2 is 1.95 bits per heavy atom. The van der Waals surface area contributed by atoms with Crippen LogP contribution in [-0.2, 0) is 4.74 Å². The highest BCUT2D eigenvalue weighted by atomic mass is 19.2. The van der Waals surface area contributed by atoms with Gasteiger partial charge in [-0.15, -0.1) is 0 Å². The summed E-state index contributed by atoms with van der Waals surface area (Å²) in [6.45, 7) is 9.20. The minimum atomic E-state index is -0.996. The number of halogens is 2. The maximum Gasteiger partial charge on any atom is 0.200 e. The van der Waals surface area contributed by atoms with Gasteiger partial charge in [0, 0.05) is 6.61 Å². The maximum atomic E-state index is 14.0. The zero-order chi connectivity index (χ0) is 14.8. The van der Waals surface area contributed by atoms with E-state index in [2.05, 4.69) is 6.58 Å². The summed E-state index contributed by atoms with van der Waals surface area (Å²) < 4.78 is 33.0. The summed E-state index contributed by atoms with van der Waals surface area (Å²) in [4.78, 5) is 0. The van der Waals surface area contributed by atoms with Gasteiger partial charge < -0.3 is 9.84 Å². The van der Waals surface area contributed by atoms with E-state index in [1.54, 1.807) is 13.8 Å². The summed E-state index contributed by atoms with van der Waals surface area (Å²) in [6.07, 6.45) is 3.17. The average Bonchev–Trinajstić information content (AvgIpc) is 2.42. The van der Waals surface area contributed by atoms with E-state index in [0.717, 1.165) is 0 Å². The Balaban J connectivity index is 4.99. The van der Waals surface area contributed by atoms with Crippen LogP contribution in [0.2, 0.25) is 0 Å². The lowest BCUT2D eigenvalue weighted by atomic mass is 9.96. The van der Waals surface area contributed by atoms with Gasteiger partial charge in [-0.2, -0.15) is 4.39 Å². The molecule has 1 atom stereocenters. The number of hydrogen-bond donors (Lipinski definition) is 1. The molecule has 0 aromatic rings. The number of allylic oxidation sites excluding steroid dienone is 4. The molecule has 19 heavy (non-hydrogen) atoms. The molecule has 0 radical (unpaired) electrons. The topological polar surface area (TPSA) is 29.5 Å². The van der Waals surface area contributed by atoms with Crippen LogP contribution in [0.3, 0.4) is 0 Å². The van der Waals surface area contributed by atoms with Crippen LogP contribution in [0.1, 0.15) is 40.0 Å². The third-order valence-electron chi connectivity index (χ3n) is 2.77. The molecule has 4 heteroatoms. The van der Waals surface area contributed by atoms with Gasteiger partial charge in [-0.25, -0.2) is 4.39 Å². The van der Waals surface area contributed by atoms with Crippen LogP contribution >= 0.6 is 0 Å². The molecular weight excluding hydrogens is 250 g/mol. The number of aliphatic hydroxyl groups excluding tert-OH is 1. The second kappa shape index (κ2) is 9.73. The van der Waals surface area contributed by atoms with Crippen LogP contribution in [0.15, 0.2) is 35.6 Å². The Bertz CT molecular complexity index is 346. The van der Waals surface area contributed by atoms with Crippen molar-refractivity contribution in [2.24, 2.45) is 5.92 Å². The fourth-order valence-electron chi connectivity index (χ4n) is 1.59. The quantitative estimate of drug-likeness (QED) is 0.498. The molecule has 0 aliphatic heterocycles. The summed E-state index contributed by atoms with van der Waals surface area (Å²) in [7, 11) is 0. The first kappa shape index (κ1) is 17.8. The summed E-state index contributed by atoms with van der Waals surface area (Å²) in [5.41, 5.74) is 0.104. The van der Waals surface area contributed by atoms with Crippen molar-refractivity contribution in [2.45, 2.75) is 40.0 Å². The summed E-state index contributed by atoms with van der Waals surface area (Å²) in [5, 5.41) is 8.73. The molecule has 0 aromatic carbocycles. The first-order valence-electron chi connectivity index (χ1n) is 6.68. The van der Waals surface area contributed by atoms with Gasteiger partial charge in [-0.1, -0.05) is 20.4 Å². The molecule has 0 aliphatic rings. The van der Waals surface area contributed by atoms with Crippen molar-refractivity contribution in [3.05, 3.63) is 35.6 Å². The van der Waals surface area contributed by atoms with E-state index in [4.69, 9.17) is 9.84 Å². The Labute approximate surface area is 114 Å². The molecular formula is C15H24F2O2. The molecule has 1 unspecified atom stereocenters. The molecule has 0 saturated carbocycles. The van der Waals surface area contributed by atoms with E-state index in [1.807, 2.05) is 6.92 Å². The highest BCUT2D eigenvalue weighted by Crippen LogP contribution is 2.29. The summed E-state index contributed by atoms with van der Waals surface area (Å²) >= 11 is 0. The van der Waals surface area contributed by atoms with Gasteiger partial charge in [0.2, 0.25) is 5.83 Å². The molecule has 2 nitrogen and oxygen atoms in total. The van der Waals surface area contributed by atoms with Crippen LogP contribution in [0.25, 0.3) is 0 Å². The van der Waals surface area contributed by atoms with E-state index >= 15 is 0 Å². The lowest BCUT2D eigenvalue weighted by molar-refractivity contribution is 0.220. The molecule has 0 heterocycles. The van der Waals surface area contributed by atoms with Crippen molar-refractivity contribution >= 4 is 0 Å². The van der Waals surface area contributed by atoms with E-state index in [-0.39, 0.29) is 30.5 Å². The summed E-state index contributed by atoms with van der Waals surface area (Å²) in [6, 6.07) is 0. The predicted molar refractivity (Wildman–Crippen MR) is 73.9 cm³/mol. The van der Waals surface area contributed by atoms with Crippen LogP contribution in [0.5, 0.6) is 0 Å². The molecule has 0 aromatic heterocycles. The maximum absolute atomic E-state index is 14.0. The number of hydrogen-bond acceptors (Lipinski definition) is 2. The lowest BCUT2D eigenvalue weighted by Gasteiger charge is -2.14. The Morgan fingerprint density at radius 3 is 2.42 bits per heavy atom. The molecule has 1 N–H and O–H groups in total. The SMILES string of the molecule is C=C(/C(F)=C(F)\C(=C/CC)OCC)C(C)CCCO. The Morgan fingerprint density at radius 1 is 1.32 bits per heavy atom. The van der Waals surface area contributed by atoms with E-state index in [9.17, 15) is 8.78 Å². The van der Waals surface area contributed by atoms with Crippen molar-refractivity contribution in [2.75, 3.05) is 13.2 Å². The van der Waals surface area contributed by atoms with Gasteiger partial charge in [-0.3, -0.25) is 0 Å². The number of aliphatic hydroxyl groups is 1. The van der Waals surface area contributed by atoms with Gasteiger partial charge in [0.25, 0.3) is 0 Å². The summed E-state index contributed by atoms with van der Waals surface area (Å²) in [5.74, 6) is -2.25. The van der Waals surface area contributed by atoms with E-state index in [1.165, 1.54) is 6.08 Å². The standard InChI is InChI=1S/C15H24F2O2/c1-5-8-13(19-6-2)15(17)14(16)12(4)11(3)9-7-10-18/h8,11,18H,4-7,9-10H2,1-3H3/b13-8+,15-14-. The minimum Gasteiger partial charge on any atom is -0.491 e. The normalized spacial score (nSPS) is 14.9. The zero-order valence-electron chi connectivity index (χ0n) is 12.0. The second-order valence-electron chi connectivity index (χ2n) is 4.33. The Hall–Kier alpha value is -1.16. The van der Waals surface area contributed by atoms with Crippen molar-refractivity contribution in [1.82, 2.24) is 0 Å². The largest absolute Gasteiger partial charge is 0.491 e. The van der Waals surface area contributed by atoms with Gasteiger partial charge in [0.05, 0.1) is 6.61 Å². The molecule has 0 amide bonds. The van der Waals surface area contributed by atoms with Crippen LogP contribution in [-0.4, -0.2) is 18.3 Å². The van der Waals surface area contributed by atoms with Gasteiger partial charge >= 0.3 is 0 Å². The fraction of sp³-hybridized carbons (Fsp3) is 0.600. The monoisotopic (exact) mass is 274 g/mol. The van der Waals surface area contributed by atoms with Gasteiger partial charge in [0.1, 0.15) is 0 Å². The molecule has 0 spiro atoms. The van der Waals surface area contributed by atoms with Crippen LogP contribution in [0, 0.1) is 5.92 Å². The molecule has 0 fully saturated rings. The van der Waals surface area contributed by atoms with Crippen molar-refractivity contribution in [3.63, 3.8) is 0 Å². The third kappa shape index (κ3) is 6.01. The van der Waals surface area contributed by atoms with Crippen molar-refractivity contribution in [1.29, 1.82) is 0 Å². The highest BCUT2D eigenvalue weighted by Gasteiger charge is 2.19. The molecule has 0 aliphatic carbocycles. The van der Waals surface area contributed by atoms with E-state index in [0.29, 0.717) is 19.3 Å². The van der Waals surface area contributed by atoms with Crippen molar-refractivity contribution in [3.8, 4) is 0 Å². The number of rotatable bonds is 9. The van der Waals surface area contributed by atoms with Gasteiger partial charge in [0.15, 0.2) is 11.6 Å². The van der Waals surface area contributed by atoms with Gasteiger partial charge in [-0.05, 0) is 43.8 Å². The van der Waals surface area contributed by atoms with Crippen LogP contribution in [0.4, 0.5) is 8.78 Å². The predicted octanol–water partition coefficient (Wildman–Crippen LogP) is 4.43. The van der Waals surface area contributed by atoms with E-state index < -0.39 is 11.7 Å². The molecule has 0 saturated heterocycles. The molecule has 0 bridgehead atoms. The van der Waals surface area contributed by atoms with Crippen LogP contribution < -0.4 is 0 Å². The molecule has 110 valence electrons. The smallest absolute Gasteiger partial charge is 0.200 e. The zero-order valence-corrected chi connectivity index (χ0v) is 12.0. The fourth-order valence-corrected chi connectivity index (χ4v) is 1.59. The highest BCUT2D eigenvalue weighted by molar-refractivity contribution is 5.34. The Kier molecular flexibility index (Phi) is 9.13. The van der Waals surface area contributed by atoms with Crippen molar-refractivity contribution < 1.29 is 18.6 Å². The minimum absolute atomic E-state index is 0.0331. The second-order valence-corrected chi connectivity index (χ2v) is 4.33. The first-order chi connectivity index (χ1) is 8.99. The first-order valence-corrected chi connectivity index (χ1v) is 6.68. The molecule has 0 rings (SSSR count).